The van der Waals surface area contributed by atoms with Gasteiger partial charge in [0.15, 0.2) is 0 Å². The van der Waals surface area contributed by atoms with Crippen molar-refractivity contribution < 1.29 is 19.1 Å². The number of aromatic amines is 1. The quantitative estimate of drug-likeness (QED) is 0.803. The van der Waals surface area contributed by atoms with E-state index in [0.29, 0.717) is 54.9 Å². The van der Waals surface area contributed by atoms with Crippen molar-refractivity contribution in [2.24, 2.45) is 5.92 Å². The number of carbonyl (C=O) groups excluding carboxylic acids is 2. The average molecular weight is 400 g/mol. The second-order valence-corrected chi connectivity index (χ2v) is 7.56. The molecule has 3 rings (SSSR count). The zero-order valence-electron chi connectivity index (χ0n) is 17.4. The maximum atomic E-state index is 12.9. The fourth-order valence-corrected chi connectivity index (χ4v) is 3.40. The molecule has 0 radical (unpaired) electrons. The van der Waals surface area contributed by atoms with Gasteiger partial charge in [-0.05, 0) is 30.5 Å². The molecule has 0 bridgehead atoms. The lowest BCUT2D eigenvalue weighted by Gasteiger charge is -2.34. The molecule has 0 saturated carbocycles. The number of carbonyl (C=O) groups is 2. The number of H-pyrrole nitrogens is 1. The van der Waals surface area contributed by atoms with E-state index >= 15 is 0 Å². The predicted octanol–water partition coefficient (Wildman–Crippen LogP) is 2.22. The van der Waals surface area contributed by atoms with Crippen molar-refractivity contribution in [1.82, 2.24) is 20.0 Å². The topological polar surface area (TPSA) is 87.8 Å². The molecule has 29 heavy (non-hydrogen) atoms. The predicted molar refractivity (Wildman–Crippen MR) is 108 cm³/mol. The molecule has 2 aromatic rings. The Morgan fingerprint density at radius 2 is 1.52 bits per heavy atom. The highest BCUT2D eigenvalue weighted by molar-refractivity contribution is 5.96. The lowest BCUT2D eigenvalue weighted by Crippen LogP contribution is -2.50. The average Bonchev–Trinajstić information content (AvgIpc) is 3.20. The van der Waals surface area contributed by atoms with Gasteiger partial charge in [-0.2, -0.15) is 5.10 Å². The minimum atomic E-state index is -0.105. The van der Waals surface area contributed by atoms with Crippen molar-refractivity contribution in [2.75, 3.05) is 40.4 Å². The van der Waals surface area contributed by atoms with Crippen LogP contribution in [0.4, 0.5) is 0 Å². The van der Waals surface area contributed by atoms with Crippen molar-refractivity contribution in [3.63, 3.8) is 0 Å². The van der Waals surface area contributed by atoms with Gasteiger partial charge >= 0.3 is 0 Å². The van der Waals surface area contributed by atoms with Crippen LogP contribution in [0.25, 0.3) is 0 Å². The normalized spacial score (nSPS) is 14.2. The van der Waals surface area contributed by atoms with E-state index in [9.17, 15) is 9.59 Å². The van der Waals surface area contributed by atoms with Crippen LogP contribution in [0.2, 0.25) is 0 Å². The molecule has 2 amide bonds. The minimum absolute atomic E-state index is 0.103. The number of hydrogen-bond donors (Lipinski definition) is 1. The molecule has 0 aliphatic carbocycles. The Balaban J connectivity index is 1.62. The van der Waals surface area contributed by atoms with Gasteiger partial charge in [-0.25, -0.2) is 0 Å². The lowest BCUT2D eigenvalue weighted by molar-refractivity contribution is 0.0532. The van der Waals surface area contributed by atoms with Crippen LogP contribution in [-0.4, -0.2) is 72.2 Å². The van der Waals surface area contributed by atoms with Gasteiger partial charge in [0.2, 0.25) is 0 Å². The zero-order valence-corrected chi connectivity index (χ0v) is 17.4. The molecule has 0 spiro atoms. The largest absolute Gasteiger partial charge is 0.497 e. The molecule has 0 unspecified atom stereocenters. The Bertz CT molecular complexity index is 847. The number of nitrogens with one attached hydrogen (secondary N) is 1. The summed E-state index contributed by atoms with van der Waals surface area (Å²) in [7, 11) is 3.10. The number of ether oxygens (including phenoxy) is 2. The van der Waals surface area contributed by atoms with Crippen LogP contribution in [0.3, 0.4) is 0 Å². The molecule has 1 N–H and O–H groups in total. The Labute approximate surface area is 170 Å². The van der Waals surface area contributed by atoms with Gasteiger partial charge < -0.3 is 19.3 Å². The summed E-state index contributed by atoms with van der Waals surface area (Å²) in [6.07, 6.45) is 0.854. The van der Waals surface area contributed by atoms with E-state index in [-0.39, 0.29) is 11.8 Å². The summed E-state index contributed by atoms with van der Waals surface area (Å²) in [4.78, 5) is 29.1. The van der Waals surface area contributed by atoms with E-state index in [1.807, 2.05) is 6.07 Å². The molecule has 156 valence electrons. The van der Waals surface area contributed by atoms with E-state index in [1.165, 1.54) is 0 Å². The lowest BCUT2D eigenvalue weighted by atomic mass is 10.1. The molecule has 1 saturated heterocycles. The van der Waals surface area contributed by atoms with E-state index in [0.717, 1.165) is 12.1 Å². The van der Waals surface area contributed by atoms with Gasteiger partial charge in [0.25, 0.3) is 11.8 Å². The first kappa shape index (κ1) is 20.7. The smallest absolute Gasteiger partial charge is 0.274 e. The molecule has 2 heterocycles. The summed E-state index contributed by atoms with van der Waals surface area (Å²) in [5.74, 6) is 1.41. The molecule has 1 aromatic heterocycles. The maximum absolute atomic E-state index is 12.9. The summed E-state index contributed by atoms with van der Waals surface area (Å²) < 4.78 is 10.5. The maximum Gasteiger partial charge on any atom is 0.274 e. The van der Waals surface area contributed by atoms with E-state index < -0.39 is 0 Å². The highest BCUT2D eigenvalue weighted by atomic mass is 16.5. The Morgan fingerprint density at radius 1 is 0.966 bits per heavy atom. The van der Waals surface area contributed by atoms with Gasteiger partial charge in [0.1, 0.15) is 17.2 Å². The van der Waals surface area contributed by atoms with Crippen LogP contribution in [0.1, 0.15) is 40.4 Å². The minimum Gasteiger partial charge on any atom is -0.497 e. The third kappa shape index (κ3) is 4.88. The Hall–Kier alpha value is -3.03. The van der Waals surface area contributed by atoms with Crippen LogP contribution >= 0.6 is 0 Å². The highest BCUT2D eigenvalue weighted by Crippen LogP contribution is 2.24. The third-order valence-electron chi connectivity index (χ3n) is 4.93. The molecule has 1 aliphatic rings. The van der Waals surface area contributed by atoms with Crippen molar-refractivity contribution >= 4 is 11.8 Å². The van der Waals surface area contributed by atoms with Crippen LogP contribution in [0, 0.1) is 5.92 Å². The Morgan fingerprint density at radius 3 is 2.03 bits per heavy atom. The summed E-state index contributed by atoms with van der Waals surface area (Å²) in [5, 5.41) is 7.10. The van der Waals surface area contributed by atoms with Crippen molar-refractivity contribution in [3.05, 3.63) is 41.2 Å². The first-order valence-electron chi connectivity index (χ1n) is 9.77. The van der Waals surface area contributed by atoms with Gasteiger partial charge in [-0.1, -0.05) is 13.8 Å². The standard InChI is InChI=1S/C21H28N4O4/c1-14(2)9-16-12-19(23-22-16)21(27)25-7-5-24(6-8-25)20(26)15-10-17(28-3)13-18(11-15)29-4/h10-14H,5-9H2,1-4H3,(H,22,23). The summed E-state index contributed by atoms with van der Waals surface area (Å²) in [5.41, 5.74) is 1.90. The number of rotatable bonds is 6. The van der Waals surface area contributed by atoms with Gasteiger partial charge in [-0.15, -0.1) is 0 Å². The monoisotopic (exact) mass is 400 g/mol. The first-order chi connectivity index (χ1) is 13.9. The highest BCUT2D eigenvalue weighted by Gasteiger charge is 2.27. The summed E-state index contributed by atoms with van der Waals surface area (Å²) in [6.45, 7) is 6.11. The van der Waals surface area contributed by atoms with Crippen LogP contribution in [0.15, 0.2) is 24.3 Å². The summed E-state index contributed by atoms with van der Waals surface area (Å²) in [6, 6.07) is 6.94. The summed E-state index contributed by atoms with van der Waals surface area (Å²) >= 11 is 0. The number of benzene rings is 1. The second kappa shape index (κ2) is 8.98. The SMILES string of the molecule is COc1cc(OC)cc(C(=O)N2CCN(C(=O)c3cc(CC(C)C)[nH]n3)CC2)c1. The number of hydrogen-bond acceptors (Lipinski definition) is 5. The Kier molecular flexibility index (Phi) is 6.41. The zero-order chi connectivity index (χ0) is 21.0. The van der Waals surface area contributed by atoms with E-state index in [4.69, 9.17) is 9.47 Å². The van der Waals surface area contributed by atoms with Crippen molar-refractivity contribution in [2.45, 2.75) is 20.3 Å². The van der Waals surface area contributed by atoms with E-state index in [2.05, 4.69) is 24.0 Å². The number of methoxy groups -OCH3 is 2. The van der Waals surface area contributed by atoms with Gasteiger partial charge in [0, 0.05) is 43.5 Å². The van der Waals surface area contributed by atoms with Crippen molar-refractivity contribution in [3.8, 4) is 11.5 Å². The number of amides is 2. The van der Waals surface area contributed by atoms with Gasteiger partial charge in [0.05, 0.1) is 14.2 Å². The molecule has 1 aromatic carbocycles. The van der Waals surface area contributed by atoms with Gasteiger partial charge in [-0.3, -0.25) is 14.7 Å². The fraction of sp³-hybridized carbons (Fsp3) is 0.476. The molecular formula is C21H28N4O4. The number of piperazine rings is 1. The number of aromatic nitrogens is 2. The third-order valence-corrected chi connectivity index (χ3v) is 4.93. The second-order valence-electron chi connectivity index (χ2n) is 7.56. The van der Waals surface area contributed by atoms with Crippen LogP contribution < -0.4 is 9.47 Å². The van der Waals surface area contributed by atoms with Crippen LogP contribution in [-0.2, 0) is 6.42 Å². The first-order valence-corrected chi connectivity index (χ1v) is 9.77. The molecule has 0 atom stereocenters. The fourth-order valence-electron chi connectivity index (χ4n) is 3.40. The molecule has 8 nitrogen and oxygen atoms in total. The molecule has 1 fully saturated rings. The van der Waals surface area contributed by atoms with E-state index in [1.54, 1.807) is 42.2 Å². The molecule has 1 aliphatic heterocycles. The number of nitrogens with zero attached hydrogens (tertiary/aromatic N) is 3. The van der Waals surface area contributed by atoms with Crippen molar-refractivity contribution in [1.29, 1.82) is 0 Å². The van der Waals surface area contributed by atoms with Crippen LogP contribution in [0.5, 0.6) is 11.5 Å². The molecule has 8 heteroatoms. The molecular weight excluding hydrogens is 372 g/mol.